The van der Waals surface area contributed by atoms with Crippen molar-refractivity contribution in [3.8, 4) is 0 Å². The normalized spacial score (nSPS) is 24.5. The molecule has 3 heterocycles. The van der Waals surface area contributed by atoms with Crippen molar-refractivity contribution in [1.29, 1.82) is 0 Å². The SMILES string of the molecule is Cc1csc(CNC(=O)N2CCC[C@H](C3(C)OCCO3)C2)n1. The van der Waals surface area contributed by atoms with Crippen molar-refractivity contribution in [2.24, 2.45) is 5.92 Å². The minimum atomic E-state index is -0.536. The Morgan fingerprint density at radius 3 is 3.00 bits per heavy atom. The molecular formula is C15H23N3O3S. The van der Waals surface area contributed by atoms with E-state index in [1.807, 2.05) is 24.1 Å². The van der Waals surface area contributed by atoms with Crippen molar-refractivity contribution in [3.63, 3.8) is 0 Å². The van der Waals surface area contributed by atoms with Crippen molar-refractivity contribution >= 4 is 17.4 Å². The maximum Gasteiger partial charge on any atom is 0.317 e. The number of rotatable bonds is 3. The van der Waals surface area contributed by atoms with Gasteiger partial charge in [-0.25, -0.2) is 9.78 Å². The predicted molar refractivity (Wildman–Crippen MR) is 83.7 cm³/mol. The van der Waals surface area contributed by atoms with E-state index in [-0.39, 0.29) is 11.9 Å². The topological polar surface area (TPSA) is 63.7 Å². The summed E-state index contributed by atoms with van der Waals surface area (Å²) in [4.78, 5) is 18.6. The second kappa shape index (κ2) is 6.52. The van der Waals surface area contributed by atoms with Crippen LogP contribution in [0.3, 0.4) is 0 Å². The molecule has 1 atom stereocenters. The lowest BCUT2D eigenvalue weighted by molar-refractivity contribution is -0.189. The Morgan fingerprint density at radius 1 is 1.55 bits per heavy atom. The number of urea groups is 1. The smallest absolute Gasteiger partial charge is 0.317 e. The molecule has 3 rings (SSSR count). The minimum Gasteiger partial charge on any atom is -0.347 e. The zero-order chi connectivity index (χ0) is 15.6. The number of nitrogens with zero attached hydrogens (tertiary/aromatic N) is 2. The molecule has 2 fully saturated rings. The van der Waals surface area contributed by atoms with Gasteiger partial charge in [0.05, 0.1) is 19.8 Å². The molecule has 0 aromatic carbocycles. The molecule has 22 heavy (non-hydrogen) atoms. The Bertz CT molecular complexity index is 528. The number of nitrogens with one attached hydrogen (secondary N) is 1. The summed E-state index contributed by atoms with van der Waals surface area (Å²) in [5.74, 6) is -0.303. The lowest BCUT2D eigenvalue weighted by atomic mass is 9.90. The maximum atomic E-state index is 12.4. The van der Waals surface area contributed by atoms with Crippen molar-refractivity contribution in [1.82, 2.24) is 15.2 Å². The molecule has 0 saturated carbocycles. The van der Waals surface area contributed by atoms with Gasteiger partial charge in [0.1, 0.15) is 5.01 Å². The number of likely N-dealkylation sites (tertiary alicyclic amines) is 1. The van der Waals surface area contributed by atoms with Gasteiger partial charge in [-0.05, 0) is 26.7 Å². The van der Waals surface area contributed by atoms with E-state index >= 15 is 0 Å². The van der Waals surface area contributed by atoms with Crippen molar-refractivity contribution in [2.75, 3.05) is 26.3 Å². The van der Waals surface area contributed by atoms with Crippen LogP contribution in [0, 0.1) is 12.8 Å². The summed E-state index contributed by atoms with van der Waals surface area (Å²) in [6.45, 7) is 7.19. The van der Waals surface area contributed by atoms with Crippen molar-refractivity contribution < 1.29 is 14.3 Å². The van der Waals surface area contributed by atoms with E-state index in [1.165, 1.54) is 0 Å². The molecule has 7 heteroatoms. The Labute approximate surface area is 134 Å². The summed E-state index contributed by atoms with van der Waals surface area (Å²) in [6, 6.07) is -0.0286. The number of carbonyl (C=O) groups is 1. The van der Waals surface area contributed by atoms with Gasteiger partial charge in [-0.2, -0.15) is 0 Å². The van der Waals surface area contributed by atoms with E-state index < -0.39 is 5.79 Å². The first-order chi connectivity index (χ1) is 10.6. The van der Waals surface area contributed by atoms with Gasteiger partial charge in [0, 0.05) is 30.1 Å². The average molecular weight is 325 g/mol. The third-order valence-electron chi connectivity index (χ3n) is 4.37. The first-order valence-electron chi connectivity index (χ1n) is 7.78. The molecule has 6 nitrogen and oxygen atoms in total. The minimum absolute atomic E-state index is 0.0286. The highest BCUT2D eigenvalue weighted by Crippen LogP contribution is 2.34. The largest absolute Gasteiger partial charge is 0.347 e. The van der Waals surface area contributed by atoms with E-state index in [9.17, 15) is 4.79 Å². The molecular weight excluding hydrogens is 302 g/mol. The van der Waals surface area contributed by atoms with E-state index in [1.54, 1.807) is 11.3 Å². The van der Waals surface area contributed by atoms with Crippen LogP contribution in [0.1, 0.15) is 30.5 Å². The van der Waals surface area contributed by atoms with Gasteiger partial charge in [0.2, 0.25) is 0 Å². The summed E-state index contributed by atoms with van der Waals surface area (Å²) in [5.41, 5.74) is 0.996. The van der Waals surface area contributed by atoms with Gasteiger partial charge in [-0.1, -0.05) is 0 Å². The van der Waals surface area contributed by atoms with Gasteiger partial charge in [-0.15, -0.1) is 11.3 Å². The van der Waals surface area contributed by atoms with Gasteiger partial charge < -0.3 is 19.7 Å². The Balaban J connectivity index is 1.53. The number of ether oxygens (including phenoxy) is 2. The summed E-state index contributed by atoms with van der Waals surface area (Å²) < 4.78 is 11.5. The van der Waals surface area contributed by atoms with E-state index in [0.29, 0.717) is 26.3 Å². The summed E-state index contributed by atoms with van der Waals surface area (Å²) in [7, 11) is 0. The molecule has 2 aliphatic rings. The Morgan fingerprint density at radius 2 is 2.32 bits per heavy atom. The third kappa shape index (κ3) is 3.42. The second-order valence-electron chi connectivity index (χ2n) is 6.04. The van der Waals surface area contributed by atoms with Gasteiger partial charge in [0.15, 0.2) is 5.79 Å². The molecule has 0 unspecified atom stereocenters. The fourth-order valence-corrected chi connectivity index (χ4v) is 3.81. The van der Waals surface area contributed by atoms with Gasteiger partial charge >= 0.3 is 6.03 Å². The lowest BCUT2D eigenvalue weighted by Gasteiger charge is -2.39. The average Bonchev–Trinajstić information content (AvgIpc) is 3.14. The standard InChI is InChI=1S/C15H23N3O3S/c1-11-10-22-13(17-11)8-16-14(19)18-5-3-4-12(9-18)15(2)20-6-7-21-15/h10,12H,3-9H2,1-2H3,(H,16,19)/t12-/m0/s1. The van der Waals surface area contributed by atoms with Crippen LogP contribution in [0.2, 0.25) is 0 Å². The van der Waals surface area contributed by atoms with Crippen LogP contribution in [0.15, 0.2) is 5.38 Å². The highest BCUT2D eigenvalue weighted by Gasteiger charge is 2.42. The Hall–Kier alpha value is -1.18. The fraction of sp³-hybridized carbons (Fsp3) is 0.733. The molecule has 1 aromatic heterocycles. The molecule has 1 aromatic rings. The number of piperidine rings is 1. The number of thiazole rings is 1. The zero-order valence-corrected chi connectivity index (χ0v) is 13.9. The molecule has 0 aliphatic carbocycles. The summed E-state index contributed by atoms with van der Waals surface area (Å²) in [5, 5.41) is 5.89. The molecule has 122 valence electrons. The number of aryl methyl sites for hydroxylation is 1. The summed E-state index contributed by atoms with van der Waals surface area (Å²) >= 11 is 1.57. The predicted octanol–water partition coefficient (Wildman–Crippen LogP) is 2.14. The van der Waals surface area contributed by atoms with E-state index in [4.69, 9.17) is 9.47 Å². The molecule has 2 amide bonds. The van der Waals surface area contributed by atoms with Crippen LogP contribution in [0.25, 0.3) is 0 Å². The van der Waals surface area contributed by atoms with Crippen LogP contribution in [0.4, 0.5) is 4.79 Å². The second-order valence-corrected chi connectivity index (χ2v) is 6.98. The monoisotopic (exact) mass is 325 g/mol. The van der Waals surface area contributed by atoms with Crippen LogP contribution in [-0.2, 0) is 16.0 Å². The van der Waals surface area contributed by atoms with Crippen molar-refractivity contribution in [2.45, 2.75) is 39.0 Å². The molecule has 2 aliphatic heterocycles. The first kappa shape index (κ1) is 15.7. The molecule has 0 radical (unpaired) electrons. The summed E-state index contributed by atoms with van der Waals surface area (Å²) in [6.07, 6.45) is 2.02. The number of carbonyl (C=O) groups excluding carboxylic acids is 1. The van der Waals surface area contributed by atoms with Crippen molar-refractivity contribution in [3.05, 3.63) is 16.1 Å². The number of amides is 2. The van der Waals surface area contributed by atoms with Crippen LogP contribution in [0.5, 0.6) is 0 Å². The van der Waals surface area contributed by atoms with Crippen LogP contribution < -0.4 is 5.32 Å². The zero-order valence-electron chi connectivity index (χ0n) is 13.1. The highest BCUT2D eigenvalue weighted by molar-refractivity contribution is 7.09. The lowest BCUT2D eigenvalue weighted by Crippen LogP contribution is -2.51. The maximum absolute atomic E-state index is 12.4. The van der Waals surface area contributed by atoms with E-state index in [0.717, 1.165) is 30.1 Å². The number of hydrogen-bond acceptors (Lipinski definition) is 5. The molecule has 2 saturated heterocycles. The van der Waals surface area contributed by atoms with Crippen LogP contribution in [-0.4, -0.2) is 48.0 Å². The highest BCUT2D eigenvalue weighted by atomic mass is 32.1. The molecule has 0 bridgehead atoms. The fourth-order valence-electron chi connectivity index (χ4n) is 3.10. The molecule has 1 N–H and O–H groups in total. The number of aromatic nitrogens is 1. The Kier molecular flexibility index (Phi) is 4.65. The van der Waals surface area contributed by atoms with Gasteiger partial charge in [-0.3, -0.25) is 0 Å². The van der Waals surface area contributed by atoms with E-state index in [2.05, 4.69) is 10.3 Å². The first-order valence-corrected chi connectivity index (χ1v) is 8.66. The van der Waals surface area contributed by atoms with Crippen LogP contribution >= 0.6 is 11.3 Å². The third-order valence-corrected chi connectivity index (χ3v) is 5.33. The van der Waals surface area contributed by atoms with Gasteiger partial charge in [0.25, 0.3) is 0 Å². The quantitative estimate of drug-likeness (QED) is 0.925. The number of hydrogen-bond donors (Lipinski definition) is 1. The molecule has 0 spiro atoms.